The fourth-order valence-corrected chi connectivity index (χ4v) is 3.89. The highest BCUT2D eigenvalue weighted by atomic mass is 16.5. The number of nitrogens with zero attached hydrogens (tertiary/aromatic N) is 1. The van der Waals surface area contributed by atoms with Crippen LogP contribution in [0.15, 0.2) is 18.5 Å². The number of H-pyrrole nitrogens is 1. The predicted molar refractivity (Wildman–Crippen MR) is 101 cm³/mol. The van der Waals surface area contributed by atoms with Crippen LogP contribution in [0.2, 0.25) is 0 Å². The Hall–Kier alpha value is -2.04. The van der Waals surface area contributed by atoms with Crippen LogP contribution in [0.25, 0.3) is 11.0 Å². The first-order valence-electron chi connectivity index (χ1n) is 9.62. The van der Waals surface area contributed by atoms with Crippen molar-refractivity contribution in [3.63, 3.8) is 0 Å². The van der Waals surface area contributed by atoms with E-state index in [-0.39, 0.29) is 5.97 Å². The number of ether oxygens (including phenoxy) is 1. The van der Waals surface area contributed by atoms with Crippen LogP contribution in [0.3, 0.4) is 0 Å². The van der Waals surface area contributed by atoms with E-state index in [4.69, 9.17) is 4.74 Å². The predicted octanol–water partition coefficient (Wildman–Crippen LogP) is 4.90. The average Bonchev–Trinajstić information content (AvgIpc) is 3.10. The first kappa shape index (κ1) is 17.8. The average molecular weight is 343 g/mol. The minimum Gasteiger partial charge on any atom is -0.462 e. The lowest BCUT2D eigenvalue weighted by Gasteiger charge is -2.31. The number of fused-ring (bicyclic) bond motifs is 1. The molecular formula is C20H29N3O2. The number of anilines is 1. The Morgan fingerprint density at radius 3 is 3.04 bits per heavy atom. The summed E-state index contributed by atoms with van der Waals surface area (Å²) in [4.78, 5) is 20.0. The van der Waals surface area contributed by atoms with Gasteiger partial charge < -0.3 is 15.0 Å². The van der Waals surface area contributed by atoms with Gasteiger partial charge in [0.05, 0.1) is 12.3 Å². The highest BCUT2D eigenvalue weighted by molar-refractivity contribution is 6.04. The van der Waals surface area contributed by atoms with Crippen molar-refractivity contribution in [3.05, 3.63) is 24.0 Å². The normalized spacial score (nSPS) is 20.6. The van der Waals surface area contributed by atoms with Crippen molar-refractivity contribution in [1.29, 1.82) is 0 Å². The Morgan fingerprint density at radius 1 is 1.36 bits per heavy atom. The summed E-state index contributed by atoms with van der Waals surface area (Å²) < 4.78 is 5.36. The molecule has 2 heterocycles. The van der Waals surface area contributed by atoms with Gasteiger partial charge in [-0.3, -0.25) is 0 Å². The van der Waals surface area contributed by atoms with Crippen LogP contribution in [0.4, 0.5) is 5.69 Å². The molecule has 5 heteroatoms. The molecule has 2 N–H and O–H groups in total. The van der Waals surface area contributed by atoms with E-state index in [9.17, 15) is 4.79 Å². The topological polar surface area (TPSA) is 67.0 Å². The third-order valence-electron chi connectivity index (χ3n) is 5.07. The number of hydrogen-bond donors (Lipinski definition) is 2. The zero-order valence-corrected chi connectivity index (χ0v) is 15.3. The number of hydrogen-bond acceptors (Lipinski definition) is 4. The Labute approximate surface area is 149 Å². The smallest absolute Gasteiger partial charge is 0.341 e. The molecule has 1 aliphatic rings. The van der Waals surface area contributed by atoms with Crippen molar-refractivity contribution in [2.24, 2.45) is 5.92 Å². The molecule has 1 saturated carbocycles. The summed E-state index contributed by atoms with van der Waals surface area (Å²) in [5.41, 5.74) is 2.21. The maximum absolute atomic E-state index is 12.5. The number of aromatic amines is 1. The standard InChI is InChI=1S/C20H29N3O2/c1-3-6-14-7-5-8-15(12-14)23-18-16-9-10-21-19(16)22-13-17(18)20(24)25-11-4-2/h9-10,13-15H,3-8,11-12H2,1-2H3,(H2,21,22,23)/t14-,15+/m1/s1. The molecule has 0 radical (unpaired) electrons. The maximum atomic E-state index is 12.5. The highest BCUT2D eigenvalue weighted by Gasteiger charge is 2.24. The highest BCUT2D eigenvalue weighted by Crippen LogP contribution is 2.33. The van der Waals surface area contributed by atoms with Crippen molar-refractivity contribution in [2.45, 2.75) is 64.8 Å². The molecule has 136 valence electrons. The van der Waals surface area contributed by atoms with Gasteiger partial charge in [-0.05, 0) is 31.2 Å². The molecule has 0 saturated heterocycles. The molecule has 2 aromatic rings. The molecule has 0 unspecified atom stereocenters. The van der Waals surface area contributed by atoms with Crippen molar-refractivity contribution < 1.29 is 9.53 Å². The fourth-order valence-electron chi connectivity index (χ4n) is 3.89. The van der Waals surface area contributed by atoms with Crippen LogP contribution in [0, 0.1) is 5.92 Å². The Kier molecular flexibility index (Phi) is 5.95. The summed E-state index contributed by atoms with van der Waals surface area (Å²) in [6.07, 6.45) is 11.7. The van der Waals surface area contributed by atoms with Gasteiger partial charge in [0.1, 0.15) is 11.2 Å². The number of nitrogens with one attached hydrogen (secondary N) is 2. The van der Waals surface area contributed by atoms with Gasteiger partial charge in [0.2, 0.25) is 0 Å². The maximum Gasteiger partial charge on any atom is 0.341 e. The molecule has 3 rings (SSSR count). The summed E-state index contributed by atoms with van der Waals surface area (Å²) in [6.45, 7) is 4.69. The molecule has 0 aromatic carbocycles. The number of pyridine rings is 1. The minimum absolute atomic E-state index is 0.291. The van der Waals surface area contributed by atoms with Crippen molar-refractivity contribution >= 4 is 22.7 Å². The monoisotopic (exact) mass is 343 g/mol. The summed E-state index contributed by atoms with van der Waals surface area (Å²) >= 11 is 0. The van der Waals surface area contributed by atoms with Gasteiger partial charge in [-0.2, -0.15) is 0 Å². The van der Waals surface area contributed by atoms with Crippen LogP contribution >= 0.6 is 0 Å². The van der Waals surface area contributed by atoms with Crippen molar-refractivity contribution in [2.75, 3.05) is 11.9 Å². The van der Waals surface area contributed by atoms with E-state index in [0.717, 1.165) is 35.5 Å². The SMILES string of the molecule is CCCOC(=O)c1cnc2[nH]ccc2c1N[C@H]1CCC[C@@H](CCC)C1. The third-order valence-corrected chi connectivity index (χ3v) is 5.07. The Bertz CT molecular complexity index is 708. The molecule has 5 nitrogen and oxygen atoms in total. The molecule has 1 fully saturated rings. The lowest BCUT2D eigenvalue weighted by atomic mass is 9.83. The molecule has 25 heavy (non-hydrogen) atoms. The van der Waals surface area contributed by atoms with Crippen LogP contribution in [-0.4, -0.2) is 28.6 Å². The number of esters is 1. The first-order valence-corrected chi connectivity index (χ1v) is 9.62. The van der Waals surface area contributed by atoms with Gasteiger partial charge in [-0.1, -0.05) is 39.5 Å². The second-order valence-electron chi connectivity index (χ2n) is 7.09. The first-order chi connectivity index (χ1) is 12.2. The molecule has 0 amide bonds. The number of aromatic nitrogens is 2. The summed E-state index contributed by atoms with van der Waals surface area (Å²) in [7, 11) is 0. The second kappa shape index (κ2) is 8.37. The van der Waals surface area contributed by atoms with Gasteiger partial charge in [-0.15, -0.1) is 0 Å². The van der Waals surface area contributed by atoms with Crippen LogP contribution < -0.4 is 5.32 Å². The van der Waals surface area contributed by atoms with E-state index in [1.165, 1.54) is 32.1 Å². The molecule has 0 aliphatic heterocycles. The van der Waals surface area contributed by atoms with Gasteiger partial charge in [0, 0.05) is 23.8 Å². The lowest BCUT2D eigenvalue weighted by molar-refractivity contribution is 0.0506. The van der Waals surface area contributed by atoms with E-state index in [1.54, 1.807) is 6.20 Å². The quantitative estimate of drug-likeness (QED) is 0.702. The molecule has 2 atom stereocenters. The van der Waals surface area contributed by atoms with E-state index >= 15 is 0 Å². The van der Waals surface area contributed by atoms with E-state index in [0.29, 0.717) is 18.2 Å². The summed E-state index contributed by atoms with van der Waals surface area (Å²) in [6, 6.07) is 2.39. The fraction of sp³-hybridized carbons (Fsp3) is 0.600. The van der Waals surface area contributed by atoms with Crippen LogP contribution in [-0.2, 0) is 4.74 Å². The lowest BCUT2D eigenvalue weighted by Crippen LogP contribution is -2.28. The van der Waals surface area contributed by atoms with Crippen LogP contribution in [0.5, 0.6) is 0 Å². The molecule has 0 spiro atoms. The van der Waals surface area contributed by atoms with Gasteiger partial charge >= 0.3 is 5.97 Å². The van der Waals surface area contributed by atoms with Crippen LogP contribution in [0.1, 0.15) is 69.2 Å². The van der Waals surface area contributed by atoms with Gasteiger partial charge in [-0.25, -0.2) is 9.78 Å². The zero-order chi connectivity index (χ0) is 17.6. The summed E-state index contributed by atoms with van der Waals surface area (Å²) in [5, 5.41) is 4.63. The number of carbonyl (C=O) groups excluding carboxylic acids is 1. The number of carbonyl (C=O) groups is 1. The molecule has 1 aliphatic carbocycles. The van der Waals surface area contributed by atoms with Gasteiger partial charge in [0.15, 0.2) is 0 Å². The van der Waals surface area contributed by atoms with Gasteiger partial charge in [0.25, 0.3) is 0 Å². The molecule has 0 bridgehead atoms. The third kappa shape index (κ3) is 4.14. The zero-order valence-electron chi connectivity index (χ0n) is 15.3. The van der Waals surface area contributed by atoms with E-state index in [1.807, 2.05) is 19.2 Å². The minimum atomic E-state index is -0.291. The van der Waals surface area contributed by atoms with E-state index in [2.05, 4.69) is 22.2 Å². The molecular weight excluding hydrogens is 314 g/mol. The largest absolute Gasteiger partial charge is 0.462 e. The second-order valence-corrected chi connectivity index (χ2v) is 7.09. The Balaban J connectivity index is 1.85. The Morgan fingerprint density at radius 2 is 2.24 bits per heavy atom. The van der Waals surface area contributed by atoms with E-state index < -0.39 is 0 Å². The summed E-state index contributed by atoms with van der Waals surface area (Å²) in [5.74, 6) is 0.496. The van der Waals surface area contributed by atoms with Crippen molar-refractivity contribution in [3.8, 4) is 0 Å². The molecule has 2 aromatic heterocycles. The number of rotatable bonds is 7. The van der Waals surface area contributed by atoms with Crippen molar-refractivity contribution in [1.82, 2.24) is 9.97 Å².